The van der Waals surface area contributed by atoms with Crippen molar-refractivity contribution in [3.63, 3.8) is 0 Å². The molecule has 4 nitrogen and oxygen atoms in total. The van der Waals surface area contributed by atoms with Gasteiger partial charge in [0.15, 0.2) is 18.1 Å². The van der Waals surface area contributed by atoms with Gasteiger partial charge in [0.05, 0.1) is 5.02 Å². The lowest BCUT2D eigenvalue weighted by Gasteiger charge is -2.06. The van der Waals surface area contributed by atoms with Gasteiger partial charge < -0.3 is 14.9 Å². The number of para-hydroxylation sites is 1. The number of ether oxygens (including phenoxy) is 1. The van der Waals surface area contributed by atoms with Crippen LogP contribution in [0.1, 0.15) is 0 Å². The van der Waals surface area contributed by atoms with Crippen LogP contribution in [-0.2, 0) is 4.79 Å². The first-order chi connectivity index (χ1) is 6.11. The summed E-state index contributed by atoms with van der Waals surface area (Å²) in [7, 11) is 0. The lowest BCUT2D eigenvalue weighted by atomic mass is 10.3. The average molecular weight is 203 g/mol. The number of carbonyl (C=O) groups is 1. The summed E-state index contributed by atoms with van der Waals surface area (Å²) in [4.78, 5) is 10.1. The molecule has 0 bridgehead atoms. The molecule has 0 saturated carbocycles. The molecular weight excluding hydrogens is 196 g/mol. The van der Waals surface area contributed by atoms with Crippen LogP contribution >= 0.6 is 11.6 Å². The third-order valence-corrected chi connectivity index (χ3v) is 1.58. The SMILES string of the molecule is O=C(O)COc1c(O)cccc1Cl. The van der Waals surface area contributed by atoms with Gasteiger partial charge in [-0.05, 0) is 12.1 Å². The zero-order chi connectivity index (χ0) is 9.84. The molecule has 0 radical (unpaired) electrons. The molecule has 1 aromatic rings. The Morgan fingerprint density at radius 2 is 2.23 bits per heavy atom. The Balaban J connectivity index is 2.81. The van der Waals surface area contributed by atoms with E-state index in [0.717, 1.165) is 0 Å². The Labute approximate surface area is 79.3 Å². The lowest BCUT2D eigenvalue weighted by molar-refractivity contribution is -0.139. The summed E-state index contributed by atoms with van der Waals surface area (Å²) >= 11 is 5.64. The van der Waals surface area contributed by atoms with Gasteiger partial charge in [-0.3, -0.25) is 0 Å². The van der Waals surface area contributed by atoms with Crippen molar-refractivity contribution in [3.8, 4) is 11.5 Å². The summed E-state index contributed by atoms with van der Waals surface area (Å²) in [5.74, 6) is -1.31. The predicted molar refractivity (Wildman–Crippen MR) is 46.2 cm³/mol. The van der Waals surface area contributed by atoms with Gasteiger partial charge in [-0.2, -0.15) is 0 Å². The molecule has 0 unspecified atom stereocenters. The Morgan fingerprint density at radius 3 is 2.77 bits per heavy atom. The zero-order valence-electron chi connectivity index (χ0n) is 6.53. The van der Waals surface area contributed by atoms with Crippen molar-refractivity contribution in [1.82, 2.24) is 0 Å². The van der Waals surface area contributed by atoms with E-state index in [1.165, 1.54) is 18.2 Å². The fourth-order valence-corrected chi connectivity index (χ4v) is 0.998. The van der Waals surface area contributed by atoms with E-state index in [4.69, 9.17) is 21.4 Å². The third-order valence-electron chi connectivity index (χ3n) is 1.29. The van der Waals surface area contributed by atoms with E-state index in [1.807, 2.05) is 0 Å². The highest BCUT2D eigenvalue weighted by atomic mass is 35.5. The normalized spacial score (nSPS) is 9.62. The molecule has 13 heavy (non-hydrogen) atoms. The summed E-state index contributed by atoms with van der Waals surface area (Å²) in [5.41, 5.74) is 0. The van der Waals surface area contributed by atoms with Crippen LogP contribution in [0.3, 0.4) is 0 Å². The zero-order valence-corrected chi connectivity index (χ0v) is 7.28. The second-order valence-electron chi connectivity index (χ2n) is 2.27. The number of aliphatic carboxylic acids is 1. The molecule has 1 rings (SSSR count). The molecule has 0 atom stereocenters. The van der Waals surface area contributed by atoms with Crippen molar-refractivity contribution < 1.29 is 19.7 Å². The second-order valence-corrected chi connectivity index (χ2v) is 2.68. The van der Waals surface area contributed by atoms with E-state index in [1.54, 1.807) is 0 Å². The number of phenols is 1. The minimum atomic E-state index is -1.13. The van der Waals surface area contributed by atoms with Gasteiger partial charge in [0.2, 0.25) is 0 Å². The number of rotatable bonds is 3. The van der Waals surface area contributed by atoms with Crippen molar-refractivity contribution in [2.45, 2.75) is 0 Å². The fraction of sp³-hybridized carbons (Fsp3) is 0.125. The molecule has 70 valence electrons. The van der Waals surface area contributed by atoms with Crippen LogP contribution in [0.15, 0.2) is 18.2 Å². The number of benzene rings is 1. The highest BCUT2D eigenvalue weighted by Gasteiger charge is 2.08. The maximum atomic E-state index is 10.1. The largest absolute Gasteiger partial charge is 0.504 e. The smallest absolute Gasteiger partial charge is 0.341 e. The van der Waals surface area contributed by atoms with Gasteiger partial charge >= 0.3 is 5.97 Å². The van der Waals surface area contributed by atoms with Crippen LogP contribution in [-0.4, -0.2) is 22.8 Å². The first kappa shape index (κ1) is 9.67. The minimum Gasteiger partial charge on any atom is -0.504 e. The standard InChI is InChI=1S/C8H7ClO4/c9-5-2-1-3-6(10)8(5)13-4-7(11)12/h1-3,10H,4H2,(H,11,12). The molecule has 0 saturated heterocycles. The van der Waals surface area contributed by atoms with Crippen LogP contribution in [0.5, 0.6) is 11.5 Å². The van der Waals surface area contributed by atoms with Crippen LogP contribution < -0.4 is 4.74 Å². The average Bonchev–Trinajstić information content (AvgIpc) is 2.03. The molecule has 0 aliphatic heterocycles. The first-order valence-electron chi connectivity index (χ1n) is 3.43. The molecule has 0 aliphatic carbocycles. The molecule has 5 heteroatoms. The summed E-state index contributed by atoms with van der Waals surface area (Å²) in [6.45, 7) is -0.530. The van der Waals surface area contributed by atoms with Crippen molar-refractivity contribution in [2.75, 3.05) is 6.61 Å². The van der Waals surface area contributed by atoms with E-state index < -0.39 is 12.6 Å². The Hall–Kier alpha value is -1.42. The molecule has 0 aromatic heterocycles. The number of hydrogen-bond acceptors (Lipinski definition) is 3. The van der Waals surface area contributed by atoms with Gasteiger partial charge in [0.1, 0.15) is 0 Å². The number of phenolic OH excluding ortho intramolecular Hbond substituents is 1. The van der Waals surface area contributed by atoms with E-state index in [9.17, 15) is 9.90 Å². The predicted octanol–water partition coefficient (Wildman–Crippen LogP) is 1.51. The first-order valence-corrected chi connectivity index (χ1v) is 3.81. The van der Waals surface area contributed by atoms with Crippen molar-refractivity contribution in [2.24, 2.45) is 0 Å². The number of aromatic hydroxyl groups is 1. The highest BCUT2D eigenvalue weighted by Crippen LogP contribution is 2.33. The maximum absolute atomic E-state index is 10.1. The van der Waals surface area contributed by atoms with E-state index in [-0.39, 0.29) is 16.5 Å². The molecule has 2 N–H and O–H groups in total. The van der Waals surface area contributed by atoms with E-state index in [2.05, 4.69) is 0 Å². The quantitative estimate of drug-likeness (QED) is 0.780. The molecule has 0 amide bonds. The van der Waals surface area contributed by atoms with Gasteiger partial charge in [0.25, 0.3) is 0 Å². The van der Waals surface area contributed by atoms with E-state index >= 15 is 0 Å². The molecular formula is C8H7ClO4. The van der Waals surface area contributed by atoms with Crippen LogP contribution in [0.4, 0.5) is 0 Å². The van der Waals surface area contributed by atoms with Crippen molar-refractivity contribution >= 4 is 17.6 Å². The third kappa shape index (κ3) is 2.52. The Morgan fingerprint density at radius 1 is 1.54 bits per heavy atom. The monoisotopic (exact) mass is 202 g/mol. The summed E-state index contributed by atoms with van der Waals surface area (Å²) in [6, 6.07) is 4.40. The number of carboxylic acid groups (broad SMARTS) is 1. The summed E-state index contributed by atoms with van der Waals surface area (Å²) in [5, 5.41) is 17.7. The van der Waals surface area contributed by atoms with Gasteiger partial charge in [0, 0.05) is 0 Å². The van der Waals surface area contributed by atoms with Crippen LogP contribution in [0.2, 0.25) is 5.02 Å². The molecule has 0 spiro atoms. The maximum Gasteiger partial charge on any atom is 0.341 e. The van der Waals surface area contributed by atoms with E-state index in [0.29, 0.717) is 0 Å². The van der Waals surface area contributed by atoms with Crippen molar-refractivity contribution in [1.29, 1.82) is 0 Å². The number of halogens is 1. The highest BCUT2D eigenvalue weighted by molar-refractivity contribution is 6.32. The van der Waals surface area contributed by atoms with Gasteiger partial charge in [-0.15, -0.1) is 0 Å². The van der Waals surface area contributed by atoms with Crippen LogP contribution in [0, 0.1) is 0 Å². The molecule has 0 aliphatic rings. The minimum absolute atomic E-state index is 0.00781. The number of carboxylic acids is 1. The molecule has 1 aromatic carbocycles. The number of hydrogen-bond donors (Lipinski definition) is 2. The van der Waals surface area contributed by atoms with Crippen LogP contribution in [0.25, 0.3) is 0 Å². The Kier molecular flexibility index (Phi) is 2.97. The molecule has 0 heterocycles. The fourth-order valence-electron chi connectivity index (χ4n) is 0.774. The van der Waals surface area contributed by atoms with Crippen molar-refractivity contribution in [3.05, 3.63) is 23.2 Å². The Bertz CT molecular complexity index is 304. The lowest BCUT2D eigenvalue weighted by Crippen LogP contribution is -2.09. The van der Waals surface area contributed by atoms with Gasteiger partial charge in [-0.25, -0.2) is 4.79 Å². The summed E-state index contributed by atoms with van der Waals surface area (Å²) < 4.78 is 4.75. The van der Waals surface area contributed by atoms with Gasteiger partial charge in [-0.1, -0.05) is 17.7 Å². The molecule has 0 fully saturated rings. The summed E-state index contributed by atoms with van der Waals surface area (Å²) in [6.07, 6.45) is 0. The topological polar surface area (TPSA) is 66.8 Å². The second kappa shape index (κ2) is 4.00.